The normalized spacial score (nSPS) is 15.8. The molecule has 1 atom stereocenters. The monoisotopic (exact) mass is 298 g/mol. The molecule has 2 rings (SSSR count). The van der Waals surface area contributed by atoms with E-state index in [1.165, 1.54) is 12.8 Å². The fourth-order valence-electron chi connectivity index (χ4n) is 1.97. The first kappa shape index (κ1) is 15.0. The van der Waals surface area contributed by atoms with E-state index in [4.69, 9.17) is 26.2 Å². The molecule has 1 unspecified atom stereocenters. The van der Waals surface area contributed by atoms with Gasteiger partial charge in [-0.05, 0) is 37.3 Å². The highest BCUT2D eigenvalue weighted by atomic mass is 35.5. The summed E-state index contributed by atoms with van der Waals surface area (Å²) in [7, 11) is 1.57. The molecule has 4 nitrogen and oxygen atoms in total. The number of aliphatic carboxylic acids is 1. The van der Waals surface area contributed by atoms with E-state index in [2.05, 4.69) is 0 Å². The fraction of sp³-hybridized carbons (Fsp3) is 0.533. The molecule has 1 aliphatic rings. The Balaban J connectivity index is 2.26. The van der Waals surface area contributed by atoms with E-state index in [0.29, 0.717) is 41.0 Å². The molecular weight excluding hydrogens is 280 g/mol. The molecule has 1 fully saturated rings. The van der Waals surface area contributed by atoms with E-state index in [1.807, 2.05) is 0 Å². The molecule has 0 radical (unpaired) electrons. The second-order valence-corrected chi connectivity index (χ2v) is 5.66. The molecule has 110 valence electrons. The molecule has 1 aromatic rings. The van der Waals surface area contributed by atoms with Crippen molar-refractivity contribution in [3.63, 3.8) is 0 Å². The number of hydrogen-bond acceptors (Lipinski definition) is 3. The van der Waals surface area contributed by atoms with Gasteiger partial charge in [-0.15, -0.1) is 0 Å². The Hall–Kier alpha value is -1.42. The number of carboxylic acid groups (broad SMARTS) is 1. The van der Waals surface area contributed by atoms with Crippen LogP contribution in [-0.2, 0) is 11.2 Å². The van der Waals surface area contributed by atoms with Crippen LogP contribution in [0.4, 0.5) is 0 Å². The van der Waals surface area contributed by atoms with Crippen LogP contribution in [0.3, 0.4) is 0 Å². The Kier molecular flexibility index (Phi) is 4.76. The van der Waals surface area contributed by atoms with Gasteiger partial charge in [-0.3, -0.25) is 4.79 Å². The van der Waals surface area contributed by atoms with Gasteiger partial charge in [0.25, 0.3) is 0 Å². The Morgan fingerprint density at radius 1 is 1.50 bits per heavy atom. The van der Waals surface area contributed by atoms with E-state index in [-0.39, 0.29) is 0 Å². The summed E-state index contributed by atoms with van der Waals surface area (Å²) in [6, 6.07) is 3.47. The molecule has 0 aromatic heterocycles. The van der Waals surface area contributed by atoms with Gasteiger partial charge in [-0.1, -0.05) is 18.5 Å². The van der Waals surface area contributed by atoms with Gasteiger partial charge in [0.15, 0.2) is 11.5 Å². The number of carboxylic acids is 1. The lowest BCUT2D eigenvalue weighted by Gasteiger charge is -2.17. The Labute approximate surface area is 123 Å². The number of carbonyl (C=O) groups is 1. The third-order valence-electron chi connectivity index (χ3n) is 3.48. The van der Waals surface area contributed by atoms with Gasteiger partial charge >= 0.3 is 5.97 Å². The van der Waals surface area contributed by atoms with Crippen molar-refractivity contribution in [3.05, 3.63) is 22.7 Å². The maximum absolute atomic E-state index is 11.0. The first-order chi connectivity index (χ1) is 9.52. The molecule has 0 amide bonds. The van der Waals surface area contributed by atoms with Gasteiger partial charge in [0, 0.05) is 10.6 Å². The van der Waals surface area contributed by atoms with Crippen LogP contribution >= 0.6 is 11.6 Å². The lowest BCUT2D eigenvalue weighted by molar-refractivity contribution is -0.141. The van der Waals surface area contributed by atoms with Crippen molar-refractivity contribution in [3.8, 4) is 11.5 Å². The third-order valence-corrected chi connectivity index (χ3v) is 3.83. The predicted molar refractivity (Wildman–Crippen MR) is 76.7 cm³/mol. The van der Waals surface area contributed by atoms with Gasteiger partial charge in [0.1, 0.15) is 0 Å². The minimum Gasteiger partial charge on any atom is -0.493 e. The summed E-state index contributed by atoms with van der Waals surface area (Å²) in [5.41, 5.74) is 0.710. The first-order valence-corrected chi connectivity index (χ1v) is 7.11. The van der Waals surface area contributed by atoms with Gasteiger partial charge in [-0.2, -0.15) is 0 Å². The third kappa shape index (κ3) is 3.57. The number of benzene rings is 1. The van der Waals surface area contributed by atoms with Crippen LogP contribution in [0.25, 0.3) is 0 Å². The summed E-state index contributed by atoms with van der Waals surface area (Å²) in [6.45, 7) is 2.29. The van der Waals surface area contributed by atoms with Gasteiger partial charge in [-0.25, -0.2) is 0 Å². The van der Waals surface area contributed by atoms with Crippen LogP contribution < -0.4 is 9.47 Å². The van der Waals surface area contributed by atoms with E-state index in [0.717, 1.165) is 0 Å². The predicted octanol–water partition coefficient (Wildman–Crippen LogP) is 3.40. The van der Waals surface area contributed by atoms with Gasteiger partial charge in [0.2, 0.25) is 0 Å². The molecule has 5 heteroatoms. The van der Waals surface area contributed by atoms with E-state index >= 15 is 0 Å². The lowest BCUT2D eigenvalue weighted by atomic mass is 10.00. The van der Waals surface area contributed by atoms with E-state index in [1.54, 1.807) is 26.2 Å². The van der Waals surface area contributed by atoms with Crippen LogP contribution in [0.2, 0.25) is 5.02 Å². The molecule has 1 saturated carbocycles. The quantitative estimate of drug-likeness (QED) is 0.838. The SMILES string of the molecule is COc1ccc(Cl)c(CC(C)C(=O)O)c1OCC1CC1. The largest absolute Gasteiger partial charge is 0.493 e. The number of rotatable bonds is 7. The minimum absolute atomic E-state index is 0.325. The summed E-state index contributed by atoms with van der Waals surface area (Å²) in [6.07, 6.45) is 2.69. The summed E-state index contributed by atoms with van der Waals surface area (Å²) in [4.78, 5) is 11.0. The second-order valence-electron chi connectivity index (χ2n) is 5.26. The molecule has 0 saturated heterocycles. The van der Waals surface area contributed by atoms with Gasteiger partial charge < -0.3 is 14.6 Å². The number of hydrogen-bond donors (Lipinski definition) is 1. The number of methoxy groups -OCH3 is 1. The molecule has 1 N–H and O–H groups in total. The topological polar surface area (TPSA) is 55.8 Å². The van der Waals surface area contributed by atoms with Crippen molar-refractivity contribution in [2.45, 2.75) is 26.2 Å². The fourth-order valence-corrected chi connectivity index (χ4v) is 2.20. The zero-order chi connectivity index (χ0) is 14.7. The zero-order valence-electron chi connectivity index (χ0n) is 11.7. The molecule has 0 bridgehead atoms. The van der Waals surface area contributed by atoms with Crippen LogP contribution in [0.15, 0.2) is 12.1 Å². The van der Waals surface area contributed by atoms with Gasteiger partial charge in [0.05, 0.1) is 19.6 Å². The van der Waals surface area contributed by atoms with E-state index in [9.17, 15) is 4.79 Å². The summed E-state index contributed by atoms with van der Waals surface area (Å²) in [5.74, 6) is 0.408. The standard InChI is InChI=1S/C15H19ClO4/c1-9(15(17)18)7-11-12(16)5-6-13(19-2)14(11)20-8-10-3-4-10/h5-6,9-10H,3-4,7-8H2,1-2H3,(H,17,18). The molecular formula is C15H19ClO4. The minimum atomic E-state index is -0.850. The Morgan fingerprint density at radius 2 is 2.20 bits per heavy atom. The molecule has 1 aromatic carbocycles. The van der Waals surface area contributed by atoms with Crippen LogP contribution in [0.1, 0.15) is 25.3 Å². The van der Waals surface area contributed by atoms with Crippen molar-refractivity contribution in [2.75, 3.05) is 13.7 Å². The summed E-state index contributed by atoms with van der Waals surface area (Å²) < 4.78 is 11.1. The zero-order valence-corrected chi connectivity index (χ0v) is 12.4. The highest BCUT2D eigenvalue weighted by molar-refractivity contribution is 6.31. The molecule has 1 aliphatic carbocycles. The second kappa shape index (κ2) is 6.35. The number of halogens is 1. The maximum atomic E-state index is 11.0. The molecule has 0 aliphatic heterocycles. The first-order valence-electron chi connectivity index (χ1n) is 6.74. The molecule has 20 heavy (non-hydrogen) atoms. The van der Waals surface area contributed by atoms with Crippen molar-refractivity contribution in [2.24, 2.45) is 11.8 Å². The summed E-state index contributed by atoms with van der Waals surface area (Å²) in [5, 5.41) is 9.58. The summed E-state index contributed by atoms with van der Waals surface area (Å²) >= 11 is 6.21. The Bertz CT molecular complexity index is 497. The molecule has 0 heterocycles. The number of ether oxygens (including phenoxy) is 2. The smallest absolute Gasteiger partial charge is 0.306 e. The van der Waals surface area contributed by atoms with Crippen molar-refractivity contribution in [1.29, 1.82) is 0 Å². The van der Waals surface area contributed by atoms with Crippen LogP contribution in [0.5, 0.6) is 11.5 Å². The van der Waals surface area contributed by atoms with Crippen LogP contribution in [-0.4, -0.2) is 24.8 Å². The van der Waals surface area contributed by atoms with E-state index < -0.39 is 11.9 Å². The molecule has 0 spiro atoms. The average Bonchev–Trinajstić information content (AvgIpc) is 3.23. The maximum Gasteiger partial charge on any atom is 0.306 e. The average molecular weight is 299 g/mol. The highest BCUT2D eigenvalue weighted by Gasteiger charge is 2.25. The highest BCUT2D eigenvalue weighted by Crippen LogP contribution is 2.39. The van der Waals surface area contributed by atoms with Crippen LogP contribution in [0, 0.1) is 11.8 Å². The Morgan fingerprint density at radius 3 is 2.75 bits per heavy atom. The lowest BCUT2D eigenvalue weighted by Crippen LogP contribution is -2.14. The van der Waals surface area contributed by atoms with Crippen molar-refractivity contribution >= 4 is 17.6 Å². The van der Waals surface area contributed by atoms with Crippen molar-refractivity contribution < 1.29 is 19.4 Å². The van der Waals surface area contributed by atoms with Crippen molar-refractivity contribution in [1.82, 2.24) is 0 Å².